The van der Waals surface area contributed by atoms with Gasteiger partial charge in [-0.15, -0.1) is 0 Å². The summed E-state index contributed by atoms with van der Waals surface area (Å²) < 4.78 is 77.0. The minimum absolute atomic E-state index is 0.686. The summed E-state index contributed by atoms with van der Waals surface area (Å²) in [4.78, 5) is 29.3. The number of imidazole rings is 1. The number of hydrogen-bond donors (Lipinski definition) is 2. The standard InChI is InChI=1S/C28H26N4O2.2C2HF3O2/c1-2-4-26-24(3-1)25(9-11-29-26)27-20-30-28-19-22(10-12-32(27)28)21-5-7-23(8-6-21)34-18-15-31-13-16-33-17-14-31;2*3-2(4,5)1(6)7/h1-12,19-20H,13-18H2;2*(H,6,7). The number of fused-ring (bicyclic) bond motifs is 2. The highest BCUT2D eigenvalue weighted by Crippen LogP contribution is 2.30. The zero-order chi connectivity index (χ0) is 34.9. The Bertz CT molecular complexity index is 1810. The largest absolute Gasteiger partial charge is 0.492 e. The van der Waals surface area contributed by atoms with Gasteiger partial charge in [0.05, 0.1) is 30.6 Å². The lowest BCUT2D eigenvalue weighted by Gasteiger charge is -2.26. The van der Waals surface area contributed by atoms with Crippen molar-refractivity contribution in [2.45, 2.75) is 12.4 Å². The predicted molar refractivity (Wildman–Crippen MR) is 162 cm³/mol. The first-order valence-corrected chi connectivity index (χ1v) is 14.2. The zero-order valence-corrected chi connectivity index (χ0v) is 24.9. The van der Waals surface area contributed by atoms with Crippen LogP contribution >= 0.6 is 0 Å². The summed E-state index contributed by atoms with van der Waals surface area (Å²) in [6.07, 6.45) is -4.28. The summed E-state index contributed by atoms with van der Waals surface area (Å²) in [5.41, 5.74) is 6.36. The fraction of sp³-hybridized carbons (Fsp3) is 0.250. The van der Waals surface area contributed by atoms with Gasteiger partial charge in [0.2, 0.25) is 0 Å². The zero-order valence-electron chi connectivity index (χ0n) is 24.9. The Morgan fingerprint density at radius 3 is 2.08 bits per heavy atom. The van der Waals surface area contributed by atoms with Gasteiger partial charge in [-0.2, -0.15) is 26.3 Å². The molecule has 4 heterocycles. The highest BCUT2D eigenvalue weighted by Gasteiger charge is 2.38. The van der Waals surface area contributed by atoms with Gasteiger partial charge in [0.1, 0.15) is 18.0 Å². The fourth-order valence-corrected chi connectivity index (χ4v) is 4.54. The summed E-state index contributed by atoms with van der Waals surface area (Å²) in [6, 6.07) is 22.8. The first kappa shape index (κ1) is 35.6. The molecule has 0 radical (unpaired) electrons. The van der Waals surface area contributed by atoms with E-state index in [1.54, 1.807) is 0 Å². The molecule has 16 heteroatoms. The average Bonchev–Trinajstić information content (AvgIpc) is 3.48. The molecular weight excluding hydrogens is 650 g/mol. The Hall–Kier alpha value is -5.22. The number of hydrogen-bond acceptors (Lipinski definition) is 7. The second-order valence-electron chi connectivity index (χ2n) is 10.1. The van der Waals surface area contributed by atoms with Crippen LogP contribution in [0.5, 0.6) is 5.75 Å². The number of rotatable bonds is 6. The maximum absolute atomic E-state index is 10.6. The SMILES string of the molecule is O=C(O)C(F)(F)F.O=C(O)C(F)(F)F.c1ccc2c(-c3cnc4cc(-c5ccc(OCCN6CCOCC6)cc5)ccn34)ccnc2c1. The number of carbonyl (C=O) groups is 2. The molecule has 1 aliphatic rings. The molecule has 5 aromatic rings. The predicted octanol–water partition coefficient (Wildman–Crippen LogP) is 6.19. The summed E-state index contributed by atoms with van der Waals surface area (Å²) in [5, 5.41) is 15.4. The normalized spacial score (nSPS) is 13.6. The third-order valence-electron chi connectivity index (χ3n) is 6.89. The Labute approximate surface area is 268 Å². The number of halogens is 6. The van der Waals surface area contributed by atoms with Crippen LogP contribution in [-0.2, 0) is 14.3 Å². The topological polar surface area (TPSA) is 126 Å². The van der Waals surface area contributed by atoms with Crippen LogP contribution in [0.4, 0.5) is 26.3 Å². The van der Waals surface area contributed by atoms with Gasteiger partial charge in [-0.3, -0.25) is 14.3 Å². The maximum Gasteiger partial charge on any atom is 0.490 e. The molecule has 10 nitrogen and oxygen atoms in total. The number of morpholine rings is 1. The lowest BCUT2D eigenvalue weighted by Crippen LogP contribution is -2.38. The Morgan fingerprint density at radius 1 is 0.833 bits per heavy atom. The molecule has 0 atom stereocenters. The van der Waals surface area contributed by atoms with E-state index in [-0.39, 0.29) is 0 Å². The third kappa shape index (κ3) is 9.65. The molecule has 2 aromatic carbocycles. The minimum Gasteiger partial charge on any atom is -0.492 e. The van der Waals surface area contributed by atoms with Crippen molar-refractivity contribution in [3.05, 3.63) is 85.3 Å². The lowest BCUT2D eigenvalue weighted by molar-refractivity contribution is -0.193. The first-order valence-electron chi connectivity index (χ1n) is 14.2. The van der Waals surface area contributed by atoms with Crippen LogP contribution < -0.4 is 4.74 Å². The van der Waals surface area contributed by atoms with Crippen LogP contribution in [0.2, 0.25) is 0 Å². The quantitative estimate of drug-likeness (QED) is 0.202. The van der Waals surface area contributed by atoms with E-state index in [9.17, 15) is 26.3 Å². The van der Waals surface area contributed by atoms with E-state index in [0.29, 0.717) is 6.61 Å². The van der Waals surface area contributed by atoms with E-state index < -0.39 is 24.3 Å². The molecule has 0 aliphatic carbocycles. The number of para-hydroxylation sites is 1. The maximum atomic E-state index is 10.6. The number of aromatic nitrogens is 3. The van der Waals surface area contributed by atoms with Crippen molar-refractivity contribution in [2.24, 2.45) is 0 Å². The fourth-order valence-electron chi connectivity index (χ4n) is 4.54. The van der Waals surface area contributed by atoms with Crippen LogP contribution in [-0.4, -0.2) is 93.2 Å². The second-order valence-corrected chi connectivity index (χ2v) is 10.1. The molecule has 254 valence electrons. The molecule has 1 fully saturated rings. The van der Waals surface area contributed by atoms with Gasteiger partial charge in [0.15, 0.2) is 0 Å². The second kappa shape index (κ2) is 15.6. The third-order valence-corrected chi connectivity index (χ3v) is 6.89. The van der Waals surface area contributed by atoms with Crippen LogP contribution in [0.3, 0.4) is 0 Å². The molecule has 6 rings (SSSR count). The van der Waals surface area contributed by atoms with E-state index in [1.165, 1.54) is 0 Å². The van der Waals surface area contributed by atoms with Crippen molar-refractivity contribution in [3.63, 3.8) is 0 Å². The molecule has 0 saturated carbocycles. The number of ether oxygens (including phenoxy) is 2. The number of carboxylic acid groups (broad SMARTS) is 2. The molecule has 1 aliphatic heterocycles. The summed E-state index contributed by atoms with van der Waals surface area (Å²) in [5.74, 6) is -4.62. The van der Waals surface area contributed by atoms with Gasteiger partial charge in [0.25, 0.3) is 0 Å². The number of benzene rings is 2. The number of alkyl halides is 6. The summed E-state index contributed by atoms with van der Waals surface area (Å²) in [6.45, 7) is 5.21. The molecular formula is C32H28F6N4O6. The summed E-state index contributed by atoms with van der Waals surface area (Å²) >= 11 is 0. The average molecular weight is 679 g/mol. The van der Waals surface area contributed by atoms with Gasteiger partial charge in [-0.25, -0.2) is 14.6 Å². The van der Waals surface area contributed by atoms with Crippen molar-refractivity contribution in [3.8, 4) is 28.1 Å². The van der Waals surface area contributed by atoms with Crippen LogP contribution in [0.25, 0.3) is 38.9 Å². The Morgan fingerprint density at radius 2 is 1.46 bits per heavy atom. The van der Waals surface area contributed by atoms with Gasteiger partial charge < -0.3 is 19.7 Å². The Kier molecular flexibility index (Phi) is 11.6. The van der Waals surface area contributed by atoms with E-state index in [0.717, 1.165) is 77.5 Å². The molecule has 0 spiro atoms. The molecule has 0 bridgehead atoms. The molecule has 0 unspecified atom stereocenters. The summed E-state index contributed by atoms with van der Waals surface area (Å²) in [7, 11) is 0. The lowest BCUT2D eigenvalue weighted by atomic mass is 10.1. The van der Waals surface area contributed by atoms with Crippen LogP contribution in [0.1, 0.15) is 0 Å². The Balaban J connectivity index is 0.000000314. The number of pyridine rings is 2. The number of aliphatic carboxylic acids is 2. The van der Waals surface area contributed by atoms with Crippen molar-refractivity contribution in [1.29, 1.82) is 0 Å². The van der Waals surface area contributed by atoms with Crippen LogP contribution in [0.15, 0.2) is 85.3 Å². The molecule has 1 saturated heterocycles. The monoisotopic (exact) mass is 678 g/mol. The van der Waals surface area contributed by atoms with Crippen molar-refractivity contribution >= 4 is 28.5 Å². The van der Waals surface area contributed by atoms with E-state index >= 15 is 0 Å². The highest BCUT2D eigenvalue weighted by molar-refractivity contribution is 5.93. The minimum atomic E-state index is -5.08. The molecule has 48 heavy (non-hydrogen) atoms. The van der Waals surface area contributed by atoms with Gasteiger partial charge in [0, 0.05) is 43.0 Å². The van der Waals surface area contributed by atoms with Crippen molar-refractivity contribution in [1.82, 2.24) is 19.3 Å². The number of nitrogens with zero attached hydrogens (tertiary/aromatic N) is 4. The van der Waals surface area contributed by atoms with Crippen molar-refractivity contribution < 1.29 is 55.6 Å². The smallest absolute Gasteiger partial charge is 0.490 e. The van der Waals surface area contributed by atoms with Crippen molar-refractivity contribution in [2.75, 3.05) is 39.5 Å². The highest BCUT2D eigenvalue weighted by atomic mass is 19.4. The van der Waals surface area contributed by atoms with Gasteiger partial charge in [-0.05, 0) is 47.5 Å². The van der Waals surface area contributed by atoms with E-state index in [4.69, 9.17) is 34.3 Å². The van der Waals surface area contributed by atoms with Gasteiger partial charge in [-0.1, -0.05) is 30.3 Å². The van der Waals surface area contributed by atoms with Gasteiger partial charge >= 0.3 is 24.3 Å². The van der Waals surface area contributed by atoms with E-state index in [2.05, 4.69) is 56.9 Å². The number of carboxylic acids is 2. The van der Waals surface area contributed by atoms with Crippen LogP contribution in [0, 0.1) is 0 Å². The molecule has 2 N–H and O–H groups in total. The molecule has 0 amide bonds. The van der Waals surface area contributed by atoms with E-state index in [1.807, 2.05) is 42.7 Å². The molecule has 3 aromatic heterocycles. The first-order chi connectivity index (χ1) is 22.7.